The van der Waals surface area contributed by atoms with Gasteiger partial charge in [-0.25, -0.2) is 4.98 Å². The van der Waals surface area contributed by atoms with Gasteiger partial charge in [0.25, 0.3) is 0 Å². The smallest absolute Gasteiger partial charge is 0.216 e. The molecule has 0 amide bonds. The summed E-state index contributed by atoms with van der Waals surface area (Å²) in [6.07, 6.45) is 7.19. The molecule has 0 aliphatic carbocycles. The van der Waals surface area contributed by atoms with E-state index in [1.807, 2.05) is 30.5 Å². The summed E-state index contributed by atoms with van der Waals surface area (Å²) >= 11 is 0. The zero-order valence-corrected chi connectivity index (χ0v) is 34.3. The van der Waals surface area contributed by atoms with Crippen molar-refractivity contribution in [1.29, 1.82) is 0 Å². The van der Waals surface area contributed by atoms with Gasteiger partial charge in [-0.15, -0.1) is 54.1 Å². The molecule has 4 aromatic heterocycles. The van der Waals surface area contributed by atoms with Gasteiger partial charge in [0.05, 0.1) is 13.7 Å². The van der Waals surface area contributed by atoms with Gasteiger partial charge in [0.2, 0.25) is 5.71 Å². The topological polar surface area (TPSA) is 51.8 Å². The van der Waals surface area contributed by atoms with Crippen molar-refractivity contribution >= 4 is 35.3 Å². The van der Waals surface area contributed by atoms with Crippen LogP contribution < -0.4 is 5.19 Å². The van der Waals surface area contributed by atoms with E-state index in [9.17, 15) is 0 Å². The summed E-state index contributed by atoms with van der Waals surface area (Å²) in [6, 6.07) is 27.4. The van der Waals surface area contributed by atoms with Crippen LogP contribution >= 0.6 is 0 Å². The van der Waals surface area contributed by atoms with Crippen LogP contribution in [-0.4, -0.2) is 23.0 Å². The SMILES string of the molecule is CC(C)Cc1cc(-c2[c-]cccc2)ncc1[Si](C)(C)C.Cc1cnc(-c2[c-]ccc3c2oc2nc(CC(C)C)ccc23)cc1CC(C)C.[Ir]. The zero-order chi connectivity index (χ0) is 34.6. The average molecular weight is 846 g/mol. The summed E-state index contributed by atoms with van der Waals surface area (Å²) in [4.78, 5) is 14.1. The Morgan fingerprint density at radius 2 is 1.39 bits per heavy atom. The first-order valence-electron chi connectivity index (χ1n) is 17.4. The Kier molecular flexibility index (Phi) is 12.9. The molecular formula is C43H51IrN3OSi-2. The van der Waals surface area contributed by atoms with Crippen LogP contribution in [-0.2, 0) is 39.4 Å². The third kappa shape index (κ3) is 9.63. The van der Waals surface area contributed by atoms with Crippen LogP contribution in [0, 0.1) is 36.8 Å². The van der Waals surface area contributed by atoms with Crippen molar-refractivity contribution < 1.29 is 24.5 Å². The molecule has 6 heteroatoms. The minimum Gasteiger partial charge on any atom is -0.486 e. The number of hydrogen-bond donors (Lipinski definition) is 0. The maximum absolute atomic E-state index is 6.23. The van der Waals surface area contributed by atoms with Crippen molar-refractivity contribution in [3.63, 3.8) is 0 Å². The van der Waals surface area contributed by atoms with Gasteiger partial charge in [-0.3, -0.25) is 0 Å². The molecule has 49 heavy (non-hydrogen) atoms. The maximum atomic E-state index is 6.23. The van der Waals surface area contributed by atoms with Crippen molar-refractivity contribution in [2.45, 2.75) is 87.4 Å². The average Bonchev–Trinajstić information content (AvgIpc) is 3.39. The number of benzene rings is 2. The second-order valence-electron chi connectivity index (χ2n) is 15.4. The second-order valence-corrected chi connectivity index (χ2v) is 20.4. The molecule has 0 aliphatic heterocycles. The molecule has 4 heterocycles. The van der Waals surface area contributed by atoms with Crippen molar-refractivity contribution in [3.05, 3.63) is 108 Å². The maximum Gasteiger partial charge on any atom is 0.216 e. The van der Waals surface area contributed by atoms with E-state index in [1.54, 1.807) is 0 Å². The van der Waals surface area contributed by atoms with Crippen LogP contribution in [0.2, 0.25) is 19.6 Å². The van der Waals surface area contributed by atoms with Crippen LogP contribution in [0.4, 0.5) is 0 Å². The molecule has 259 valence electrons. The van der Waals surface area contributed by atoms with E-state index in [2.05, 4.69) is 133 Å². The summed E-state index contributed by atoms with van der Waals surface area (Å²) in [7, 11) is -1.34. The van der Waals surface area contributed by atoms with E-state index < -0.39 is 8.07 Å². The fourth-order valence-corrected chi connectivity index (χ4v) is 7.82. The second kappa shape index (κ2) is 16.5. The molecule has 0 atom stereocenters. The summed E-state index contributed by atoms with van der Waals surface area (Å²) in [5, 5.41) is 3.61. The number of nitrogens with zero attached hydrogens (tertiary/aromatic N) is 3. The van der Waals surface area contributed by atoms with Gasteiger partial charge in [0.15, 0.2) is 0 Å². The van der Waals surface area contributed by atoms with Crippen molar-refractivity contribution in [3.8, 4) is 22.5 Å². The molecule has 0 saturated heterocycles. The first-order chi connectivity index (χ1) is 22.8. The van der Waals surface area contributed by atoms with Crippen molar-refractivity contribution in [1.82, 2.24) is 15.0 Å². The Balaban J connectivity index is 0.000000229. The Labute approximate surface area is 308 Å². The van der Waals surface area contributed by atoms with E-state index in [1.165, 1.54) is 21.9 Å². The van der Waals surface area contributed by atoms with E-state index in [0.29, 0.717) is 23.5 Å². The Morgan fingerprint density at radius 1 is 0.714 bits per heavy atom. The predicted molar refractivity (Wildman–Crippen MR) is 205 cm³/mol. The fraction of sp³-hybridized carbons (Fsp3) is 0.372. The molecule has 1 radical (unpaired) electrons. The molecule has 0 aliphatic rings. The number of fused-ring (bicyclic) bond motifs is 3. The van der Waals surface area contributed by atoms with Crippen LogP contribution in [0.5, 0.6) is 0 Å². The Bertz CT molecular complexity index is 1990. The van der Waals surface area contributed by atoms with E-state index >= 15 is 0 Å². The monoisotopic (exact) mass is 846 g/mol. The van der Waals surface area contributed by atoms with Gasteiger partial charge in [0, 0.05) is 43.6 Å². The quantitative estimate of drug-likeness (QED) is 0.107. The van der Waals surface area contributed by atoms with Gasteiger partial charge in [-0.2, -0.15) is 0 Å². The number of furan rings is 1. The van der Waals surface area contributed by atoms with Gasteiger partial charge in [0.1, 0.15) is 0 Å². The molecule has 0 spiro atoms. The van der Waals surface area contributed by atoms with Crippen LogP contribution in [0.15, 0.2) is 77.5 Å². The molecule has 4 nitrogen and oxygen atoms in total. The first-order valence-corrected chi connectivity index (χ1v) is 20.9. The Morgan fingerprint density at radius 3 is 2.04 bits per heavy atom. The van der Waals surface area contributed by atoms with Gasteiger partial charge in [-0.05, 0) is 78.2 Å². The van der Waals surface area contributed by atoms with Gasteiger partial charge >= 0.3 is 0 Å². The van der Waals surface area contributed by atoms with Crippen molar-refractivity contribution in [2.24, 2.45) is 17.8 Å². The number of hydrogen-bond acceptors (Lipinski definition) is 4. The molecular weight excluding hydrogens is 795 g/mol. The Hall–Kier alpha value is -3.44. The molecule has 0 bridgehead atoms. The summed E-state index contributed by atoms with van der Waals surface area (Å²) in [5.74, 6) is 1.83. The molecule has 0 saturated carbocycles. The normalized spacial score (nSPS) is 11.7. The molecule has 0 fully saturated rings. The van der Waals surface area contributed by atoms with Crippen LogP contribution in [0.25, 0.3) is 44.6 Å². The minimum absolute atomic E-state index is 0. The van der Waals surface area contributed by atoms with E-state index in [0.717, 1.165) is 63.8 Å². The summed E-state index contributed by atoms with van der Waals surface area (Å²) < 4.78 is 6.23. The molecule has 6 rings (SSSR count). The summed E-state index contributed by atoms with van der Waals surface area (Å²) in [5.41, 5.74) is 10.6. The number of aromatic nitrogens is 3. The van der Waals surface area contributed by atoms with Crippen molar-refractivity contribution in [2.75, 3.05) is 0 Å². The number of pyridine rings is 3. The first kappa shape index (κ1) is 38.4. The predicted octanol–water partition coefficient (Wildman–Crippen LogP) is 10.8. The fourth-order valence-electron chi connectivity index (χ4n) is 6.23. The van der Waals surface area contributed by atoms with E-state index in [4.69, 9.17) is 9.40 Å². The largest absolute Gasteiger partial charge is 0.486 e. The van der Waals surface area contributed by atoms with Gasteiger partial charge < -0.3 is 14.4 Å². The third-order valence-electron chi connectivity index (χ3n) is 8.48. The molecule has 0 N–H and O–H groups in total. The molecule has 6 aromatic rings. The molecule has 0 unspecified atom stereocenters. The zero-order valence-electron chi connectivity index (χ0n) is 30.9. The van der Waals surface area contributed by atoms with Crippen LogP contribution in [0.3, 0.4) is 0 Å². The third-order valence-corrected chi connectivity index (χ3v) is 10.5. The van der Waals surface area contributed by atoms with Gasteiger partial charge in [-0.1, -0.05) is 95.4 Å². The standard InChI is InChI=1S/C25H27N2O.C18H24NSi.Ir/c1-15(2)11-18-13-23(26-14-17(18)5)22-8-6-7-20-21-10-9-19(12-16(3)4)27-25(21)28-24(20)22;1-14(2)11-16-12-17(15-9-7-6-8-10-15)19-13-18(16)20(3,4)5;/h6-7,9-10,13-16H,11-12H2,1-5H3;6-9,12-14H,11H2,1-5H3;/q2*-1;. The molecule has 2 aromatic carbocycles. The van der Waals surface area contributed by atoms with Crippen LogP contribution in [0.1, 0.15) is 63.9 Å². The van der Waals surface area contributed by atoms with E-state index in [-0.39, 0.29) is 20.1 Å². The minimum atomic E-state index is -1.34. The number of aryl methyl sites for hydroxylation is 1. The summed E-state index contributed by atoms with van der Waals surface area (Å²) in [6.45, 7) is 22.8. The number of rotatable bonds is 9.